The van der Waals surface area contributed by atoms with E-state index in [4.69, 9.17) is 10.2 Å². The molecule has 0 aliphatic rings. The molecular formula is C16H13BrFNO. The summed E-state index contributed by atoms with van der Waals surface area (Å²) < 4.78 is 19.9. The molecule has 3 aromatic rings. The molecule has 2 aromatic carbocycles. The number of benzene rings is 2. The first kappa shape index (κ1) is 13.3. The topological polar surface area (TPSA) is 39.2 Å². The number of hydrogen-bond donors (Lipinski definition) is 1. The zero-order valence-corrected chi connectivity index (χ0v) is 12.4. The van der Waals surface area contributed by atoms with E-state index in [0.717, 1.165) is 21.0 Å². The molecule has 1 aromatic heterocycles. The van der Waals surface area contributed by atoms with Crippen LogP contribution in [0.2, 0.25) is 0 Å². The smallest absolute Gasteiger partial charge is 0.134 e. The van der Waals surface area contributed by atoms with Crippen molar-refractivity contribution in [1.29, 1.82) is 0 Å². The Morgan fingerprint density at radius 3 is 2.70 bits per heavy atom. The Bertz CT molecular complexity index is 781. The first-order valence-corrected chi connectivity index (χ1v) is 7.04. The van der Waals surface area contributed by atoms with E-state index in [-0.39, 0.29) is 11.9 Å². The average molecular weight is 334 g/mol. The van der Waals surface area contributed by atoms with Crippen molar-refractivity contribution in [2.24, 2.45) is 5.73 Å². The molecule has 0 bridgehead atoms. The minimum Gasteiger partial charge on any atom is -0.459 e. The Hall–Kier alpha value is -1.65. The second-order valence-corrected chi connectivity index (χ2v) is 5.67. The number of hydrogen-bond acceptors (Lipinski definition) is 2. The highest BCUT2D eigenvalue weighted by Gasteiger charge is 2.15. The van der Waals surface area contributed by atoms with Gasteiger partial charge in [-0.2, -0.15) is 0 Å². The van der Waals surface area contributed by atoms with Gasteiger partial charge in [-0.3, -0.25) is 0 Å². The highest BCUT2D eigenvalue weighted by atomic mass is 79.9. The number of rotatable bonds is 2. The van der Waals surface area contributed by atoms with Crippen molar-refractivity contribution in [3.05, 3.63) is 69.6 Å². The van der Waals surface area contributed by atoms with E-state index in [1.165, 1.54) is 12.1 Å². The number of fused-ring (bicyclic) bond motifs is 1. The third kappa shape index (κ3) is 2.37. The van der Waals surface area contributed by atoms with Crippen molar-refractivity contribution < 1.29 is 8.81 Å². The van der Waals surface area contributed by atoms with Crippen molar-refractivity contribution in [3.63, 3.8) is 0 Å². The van der Waals surface area contributed by atoms with E-state index in [0.29, 0.717) is 11.3 Å². The van der Waals surface area contributed by atoms with Gasteiger partial charge in [0.25, 0.3) is 0 Å². The fourth-order valence-corrected chi connectivity index (χ4v) is 2.55. The minimum atomic E-state index is -0.373. The van der Waals surface area contributed by atoms with Crippen LogP contribution in [-0.2, 0) is 0 Å². The van der Waals surface area contributed by atoms with Gasteiger partial charge in [0.15, 0.2) is 0 Å². The van der Waals surface area contributed by atoms with Crippen molar-refractivity contribution in [3.8, 4) is 0 Å². The molecule has 3 rings (SSSR count). The molecule has 2 nitrogen and oxygen atoms in total. The Labute approximate surface area is 124 Å². The van der Waals surface area contributed by atoms with E-state index in [1.807, 2.05) is 25.1 Å². The van der Waals surface area contributed by atoms with Crippen LogP contribution in [0.5, 0.6) is 0 Å². The van der Waals surface area contributed by atoms with Gasteiger partial charge in [0.05, 0.1) is 6.04 Å². The molecule has 102 valence electrons. The van der Waals surface area contributed by atoms with E-state index in [9.17, 15) is 4.39 Å². The third-order valence-electron chi connectivity index (χ3n) is 3.36. The second-order valence-electron chi connectivity index (χ2n) is 4.82. The summed E-state index contributed by atoms with van der Waals surface area (Å²) in [5, 5.41) is 0.724. The molecule has 0 saturated carbocycles. The largest absolute Gasteiger partial charge is 0.459 e. The predicted octanol–water partition coefficient (Wildman–Crippen LogP) is 4.69. The summed E-state index contributed by atoms with van der Waals surface area (Å²) in [4.78, 5) is 0. The molecular weight excluding hydrogens is 321 g/mol. The monoisotopic (exact) mass is 333 g/mol. The lowest BCUT2D eigenvalue weighted by Gasteiger charge is -2.10. The molecule has 2 N–H and O–H groups in total. The van der Waals surface area contributed by atoms with Crippen molar-refractivity contribution in [2.45, 2.75) is 13.0 Å². The Kier molecular flexibility index (Phi) is 3.36. The van der Waals surface area contributed by atoms with Gasteiger partial charge in [-0.05, 0) is 48.4 Å². The maximum Gasteiger partial charge on any atom is 0.134 e. The molecule has 0 aliphatic heterocycles. The van der Waals surface area contributed by atoms with Crippen LogP contribution in [0.1, 0.15) is 22.9 Å². The van der Waals surface area contributed by atoms with Crippen molar-refractivity contribution in [1.82, 2.24) is 0 Å². The highest BCUT2D eigenvalue weighted by Crippen LogP contribution is 2.29. The number of furan rings is 1. The lowest BCUT2D eigenvalue weighted by atomic mass is 10.0. The van der Waals surface area contributed by atoms with Gasteiger partial charge in [0, 0.05) is 9.86 Å². The molecule has 20 heavy (non-hydrogen) atoms. The van der Waals surface area contributed by atoms with Gasteiger partial charge >= 0.3 is 0 Å². The van der Waals surface area contributed by atoms with E-state index < -0.39 is 0 Å². The van der Waals surface area contributed by atoms with Crippen LogP contribution in [0.4, 0.5) is 4.39 Å². The van der Waals surface area contributed by atoms with Gasteiger partial charge < -0.3 is 10.2 Å². The van der Waals surface area contributed by atoms with Crippen LogP contribution in [0, 0.1) is 12.7 Å². The summed E-state index contributed by atoms with van der Waals surface area (Å²) >= 11 is 3.50. The molecule has 0 aliphatic carbocycles. The first-order valence-electron chi connectivity index (χ1n) is 6.25. The second kappa shape index (κ2) is 5.04. The quantitative estimate of drug-likeness (QED) is 0.738. The molecule has 1 atom stereocenters. The van der Waals surface area contributed by atoms with Gasteiger partial charge in [-0.15, -0.1) is 0 Å². The third-order valence-corrected chi connectivity index (χ3v) is 4.21. The number of nitrogens with two attached hydrogens (primary N) is 1. The van der Waals surface area contributed by atoms with Gasteiger partial charge in [-0.1, -0.05) is 28.1 Å². The summed E-state index contributed by atoms with van der Waals surface area (Å²) in [6.07, 6.45) is 0. The number of halogens is 2. The Morgan fingerprint density at radius 2 is 1.95 bits per heavy atom. The molecule has 0 radical (unpaired) electrons. The van der Waals surface area contributed by atoms with Crippen LogP contribution >= 0.6 is 15.9 Å². The molecule has 0 amide bonds. The maximum atomic E-state index is 13.2. The predicted molar refractivity (Wildman–Crippen MR) is 81.1 cm³/mol. The summed E-state index contributed by atoms with van der Waals surface area (Å²) in [7, 11) is 0. The lowest BCUT2D eigenvalue weighted by Crippen LogP contribution is -2.10. The summed E-state index contributed by atoms with van der Waals surface area (Å²) in [5.41, 5.74) is 8.96. The van der Waals surface area contributed by atoms with Gasteiger partial charge in [0.2, 0.25) is 0 Å². The van der Waals surface area contributed by atoms with Gasteiger partial charge in [-0.25, -0.2) is 4.39 Å². The maximum absolute atomic E-state index is 13.2. The molecule has 1 heterocycles. The minimum absolute atomic E-state index is 0.281. The first-order chi connectivity index (χ1) is 9.54. The summed E-state index contributed by atoms with van der Waals surface area (Å²) in [5.74, 6) is 0.345. The zero-order chi connectivity index (χ0) is 14.3. The molecule has 0 saturated heterocycles. The SMILES string of the molecule is Cc1ccc(C(N)c2cc3cc(F)ccc3o2)cc1Br. The van der Waals surface area contributed by atoms with Gasteiger partial charge in [0.1, 0.15) is 17.2 Å². The van der Waals surface area contributed by atoms with E-state index >= 15 is 0 Å². The standard InChI is InChI=1S/C16H13BrFNO/c1-9-2-3-10(7-13(9)17)16(19)15-8-11-6-12(18)4-5-14(11)20-15/h2-8,16H,19H2,1H3. The molecule has 4 heteroatoms. The zero-order valence-electron chi connectivity index (χ0n) is 10.9. The number of aryl methyl sites for hydroxylation is 1. The Balaban J connectivity index is 2.02. The fraction of sp³-hybridized carbons (Fsp3) is 0.125. The van der Waals surface area contributed by atoms with Crippen LogP contribution in [-0.4, -0.2) is 0 Å². The summed E-state index contributed by atoms with van der Waals surface area (Å²) in [6.45, 7) is 2.02. The fourth-order valence-electron chi connectivity index (χ4n) is 2.15. The Morgan fingerprint density at radius 1 is 1.15 bits per heavy atom. The van der Waals surface area contributed by atoms with Crippen LogP contribution in [0.25, 0.3) is 11.0 Å². The van der Waals surface area contributed by atoms with E-state index in [2.05, 4.69) is 15.9 Å². The normalized spacial score (nSPS) is 12.8. The van der Waals surface area contributed by atoms with Crippen molar-refractivity contribution in [2.75, 3.05) is 0 Å². The molecule has 1 unspecified atom stereocenters. The van der Waals surface area contributed by atoms with E-state index in [1.54, 1.807) is 12.1 Å². The van der Waals surface area contributed by atoms with Crippen LogP contribution in [0.15, 0.2) is 51.4 Å². The lowest BCUT2D eigenvalue weighted by molar-refractivity contribution is 0.524. The average Bonchev–Trinajstić information content (AvgIpc) is 2.84. The molecule has 0 spiro atoms. The highest BCUT2D eigenvalue weighted by molar-refractivity contribution is 9.10. The van der Waals surface area contributed by atoms with Crippen LogP contribution in [0.3, 0.4) is 0 Å². The van der Waals surface area contributed by atoms with Crippen molar-refractivity contribution >= 4 is 26.9 Å². The summed E-state index contributed by atoms with van der Waals surface area (Å²) in [6, 6.07) is 11.8. The van der Waals surface area contributed by atoms with Crippen LogP contribution < -0.4 is 5.73 Å². The molecule has 0 fully saturated rings.